The first-order valence-corrected chi connectivity index (χ1v) is 4.87. The Morgan fingerprint density at radius 2 is 2.07 bits per heavy atom. The summed E-state index contributed by atoms with van der Waals surface area (Å²) in [6.07, 6.45) is 3.08. The zero-order valence-electron chi connectivity index (χ0n) is 8.29. The van der Waals surface area contributed by atoms with Gasteiger partial charge in [0.15, 0.2) is 0 Å². The molecule has 74 valence electrons. The van der Waals surface area contributed by atoms with Gasteiger partial charge in [0.05, 0.1) is 7.11 Å². The van der Waals surface area contributed by atoms with E-state index in [-0.39, 0.29) is 5.95 Å². The second-order valence-corrected chi connectivity index (χ2v) is 3.50. The van der Waals surface area contributed by atoms with Gasteiger partial charge in [-0.3, -0.25) is 0 Å². The largest absolute Gasteiger partial charge is 0.481 e. The Hall–Kier alpha value is -1.44. The highest BCUT2D eigenvalue weighted by Gasteiger charge is 2.17. The minimum Gasteiger partial charge on any atom is -0.481 e. The van der Waals surface area contributed by atoms with Gasteiger partial charge in [0.2, 0.25) is 0 Å². The SMILES string of the molecule is CO/C(O)=C1/CCCc2ccccc21. The Kier molecular flexibility index (Phi) is 2.44. The Labute approximate surface area is 83.8 Å². The van der Waals surface area contributed by atoms with Crippen LogP contribution < -0.4 is 0 Å². The fraction of sp³-hybridized carbons (Fsp3) is 0.333. The standard InChI is InChI=1S/C12H14O2/c1-14-12(13)11-8-4-6-9-5-2-3-7-10(9)11/h2-3,5,7,13H,4,6,8H2,1H3/b12-11-. The van der Waals surface area contributed by atoms with E-state index in [1.807, 2.05) is 18.2 Å². The van der Waals surface area contributed by atoms with Crippen LogP contribution in [0.3, 0.4) is 0 Å². The summed E-state index contributed by atoms with van der Waals surface area (Å²) < 4.78 is 4.88. The van der Waals surface area contributed by atoms with Crippen molar-refractivity contribution in [3.8, 4) is 0 Å². The molecule has 0 unspecified atom stereocenters. The summed E-state index contributed by atoms with van der Waals surface area (Å²) in [7, 11) is 1.50. The van der Waals surface area contributed by atoms with Crippen molar-refractivity contribution in [2.75, 3.05) is 7.11 Å². The van der Waals surface area contributed by atoms with Gasteiger partial charge < -0.3 is 9.84 Å². The lowest BCUT2D eigenvalue weighted by Crippen LogP contribution is -2.04. The molecule has 0 bridgehead atoms. The first-order chi connectivity index (χ1) is 6.83. The lowest BCUT2D eigenvalue weighted by molar-refractivity contribution is 0.138. The zero-order valence-corrected chi connectivity index (χ0v) is 8.29. The van der Waals surface area contributed by atoms with Gasteiger partial charge in [-0.05, 0) is 30.4 Å². The monoisotopic (exact) mass is 190 g/mol. The van der Waals surface area contributed by atoms with Gasteiger partial charge in [-0.15, -0.1) is 0 Å². The second-order valence-electron chi connectivity index (χ2n) is 3.50. The van der Waals surface area contributed by atoms with Crippen LogP contribution in [-0.2, 0) is 11.2 Å². The molecule has 14 heavy (non-hydrogen) atoms. The normalized spacial score (nSPS) is 18.6. The van der Waals surface area contributed by atoms with Crippen molar-refractivity contribution < 1.29 is 9.84 Å². The van der Waals surface area contributed by atoms with E-state index >= 15 is 0 Å². The molecule has 1 aliphatic rings. The number of rotatable bonds is 1. The van der Waals surface area contributed by atoms with E-state index in [2.05, 4.69) is 6.07 Å². The first kappa shape index (κ1) is 9.13. The third-order valence-corrected chi connectivity index (χ3v) is 2.67. The second kappa shape index (κ2) is 3.74. The molecule has 0 heterocycles. The number of ether oxygens (including phenoxy) is 1. The van der Waals surface area contributed by atoms with Crippen molar-refractivity contribution in [2.24, 2.45) is 0 Å². The van der Waals surface area contributed by atoms with Gasteiger partial charge >= 0.3 is 0 Å². The summed E-state index contributed by atoms with van der Waals surface area (Å²) in [5, 5.41) is 9.59. The number of aliphatic hydroxyl groups excluding tert-OH is 1. The third kappa shape index (κ3) is 1.48. The molecule has 2 heteroatoms. The Morgan fingerprint density at radius 3 is 2.86 bits per heavy atom. The molecule has 1 aliphatic carbocycles. The van der Waals surface area contributed by atoms with Crippen LogP contribution in [-0.4, -0.2) is 12.2 Å². The van der Waals surface area contributed by atoms with Crippen LogP contribution in [0.5, 0.6) is 0 Å². The van der Waals surface area contributed by atoms with Gasteiger partial charge in [0.1, 0.15) is 0 Å². The van der Waals surface area contributed by atoms with Crippen LogP contribution in [0.4, 0.5) is 0 Å². The van der Waals surface area contributed by atoms with E-state index in [0.29, 0.717) is 0 Å². The van der Waals surface area contributed by atoms with Crippen molar-refractivity contribution in [3.63, 3.8) is 0 Å². The molecule has 1 aromatic rings. The van der Waals surface area contributed by atoms with Crippen LogP contribution in [0, 0.1) is 0 Å². The first-order valence-electron chi connectivity index (χ1n) is 4.87. The number of benzene rings is 1. The molecule has 0 saturated carbocycles. The number of hydrogen-bond donors (Lipinski definition) is 1. The summed E-state index contributed by atoms with van der Waals surface area (Å²) >= 11 is 0. The molecule has 2 nitrogen and oxygen atoms in total. The predicted octanol–water partition coefficient (Wildman–Crippen LogP) is 2.90. The van der Waals surface area contributed by atoms with Gasteiger partial charge in [0, 0.05) is 5.57 Å². The van der Waals surface area contributed by atoms with Crippen molar-refractivity contribution >= 4 is 5.57 Å². The highest BCUT2D eigenvalue weighted by Crippen LogP contribution is 2.32. The van der Waals surface area contributed by atoms with E-state index in [1.165, 1.54) is 12.7 Å². The summed E-state index contributed by atoms with van der Waals surface area (Å²) in [6, 6.07) is 8.18. The molecule has 0 atom stereocenters. The average Bonchev–Trinajstić information content (AvgIpc) is 2.27. The maximum absolute atomic E-state index is 9.59. The van der Waals surface area contributed by atoms with E-state index in [9.17, 15) is 5.11 Å². The van der Waals surface area contributed by atoms with Crippen LogP contribution >= 0.6 is 0 Å². The Bertz CT molecular complexity index is 366. The van der Waals surface area contributed by atoms with Crippen molar-refractivity contribution in [2.45, 2.75) is 19.3 Å². The highest BCUT2D eigenvalue weighted by atomic mass is 16.6. The van der Waals surface area contributed by atoms with E-state index in [1.54, 1.807) is 0 Å². The molecular formula is C12H14O2. The molecule has 0 aromatic heterocycles. The number of allylic oxidation sites excluding steroid dienone is 1. The molecule has 0 fully saturated rings. The lowest BCUT2D eigenvalue weighted by atomic mass is 9.88. The number of hydrogen-bond acceptors (Lipinski definition) is 2. The van der Waals surface area contributed by atoms with Crippen molar-refractivity contribution in [1.29, 1.82) is 0 Å². The van der Waals surface area contributed by atoms with Crippen LogP contribution in [0.25, 0.3) is 5.57 Å². The number of aliphatic hydroxyl groups is 1. The number of aryl methyl sites for hydroxylation is 1. The highest BCUT2D eigenvalue weighted by molar-refractivity contribution is 5.70. The lowest BCUT2D eigenvalue weighted by Gasteiger charge is -2.19. The van der Waals surface area contributed by atoms with Gasteiger partial charge in [-0.25, -0.2) is 0 Å². The van der Waals surface area contributed by atoms with Crippen LogP contribution in [0.1, 0.15) is 24.0 Å². The molecule has 1 aromatic carbocycles. The maximum Gasteiger partial charge on any atom is 0.280 e. The molecule has 0 spiro atoms. The van der Waals surface area contributed by atoms with Crippen LogP contribution in [0.2, 0.25) is 0 Å². The molecule has 0 radical (unpaired) electrons. The third-order valence-electron chi connectivity index (χ3n) is 2.67. The molecule has 0 saturated heterocycles. The fourth-order valence-corrected chi connectivity index (χ4v) is 1.97. The van der Waals surface area contributed by atoms with E-state index < -0.39 is 0 Å². The summed E-state index contributed by atoms with van der Waals surface area (Å²) in [6.45, 7) is 0. The topological polar surface area (TPSA) is 29.5 Å². The molecule has 0 aliphatic heterocycles. The van der Waals surface area contributed by atoms with Gasteiger partial charge in [-0.2, -0.15) is 0 Å². The smallest absolute Gasteiger partial charge is 0.280 e. The number of methoxy groups -OCH3 is 1. The van der Waals surface area contributed by atoms with E-state index in [4.69, 9.17) is 4.74 Å². The minimum atomic E-state index is 0.0668. The molecule has 1 N–H and O–H groups in total. The average molecular weight is 190 g/mol. The maximum atomic E-state index is 9.59. The zero-order chi connectivity index (χ0) is 9.97. The Balaban J connectivity index is 2.51. The van der Waals surface area contributed by atoms with Gasteiger partial charge in [-0.1, -0.05) is 24.3 Å². The molecular weight excluding hydrogens is 176 g/mol. The minimum absolute atomic E-state index is 0.0668. The van der Waals surface area contributed by atoms with E-state index in [0.717, 1.165) is 30.4 Å². The number of fused-ring (bicyclic) bond motifs is 1. The summed E-state index contributed by atoms with van der Waals surface area (Å²) in [5.74, 6) is 0.0668. The van der Waals surface area contributed by atoms with Crippen molar-refractivity contribution in [1.82, 2.24) is 0 Å². The quantitative estimate of drug-likeness (QED) is 0.690. The van der Waals surface area contributed by atoms with Crippen LogP contribution in [0.15, 0.2) is 30.2 Å². The van der Waals surface area contributed by atoms with Crippen molar-refractivity contribution in [3.05, 3.63) is 41.3 Å². The summed E-state index contributed by atoms with van der Waals surface area (Å²) in [4.78, 5) is 0. The molecule has 2 rings (SSSR count). The summed E-state index contributed by atoms with van der Waals surface area (Å²) in [5.41, 5.74) is 3.38. The fourth-order valence-electron chi connectivity index (χ4n) is 1.97. The Morgan fingerprint density at radius 1 is 1.29 bits per heavy atom. The predicted molar refractivity (Wildman–Crippen MR) is 55.9 cm³/mol. The van der Waals surface area contributed by atoms with Gasteiger partial charge in [0.25, 0.3) is 5.95 Å². The molecule has 0 amide bonds.